The Bertz CT molecular complexity index is 1340. The Hall–Kier alpha value is -3.33. The third-order valence-corrected chi connectivity index (χ3v) is 6.40. The lowest BCUT2D eigenvalue weighted by Gasteiger charge is -2.23. The number of hydrogen-bond acceptors (Lipinski definition) is 5. The van der Waals surface area contributed by atoms with E-state index in [-0.39, 0.29) is 11.7 Å². The van der Waals surface area contributed by atoms with Crippen molar-refractivity contribution in [2.24, 2.45) is 0 Å². The van der Waals surface area contributed by atoms with Crippen molar-refractivity contribution in [3.8, 4) is 11.4 Å². The Kier molecular flexibility index (Phi) is 5.80. The van der Waals surface area contributed by atoms with Crippen molar-refractivity contribution in [3.63, 3.8) is 0 Å². The number of methoxy groups -OCH3 is 1. The number of aryl methyl sites for hydroxylation is 2. The summed E-state index contributed by atoms with van der Waals surface area (Å²) in [6.45, 7) is 2.75. The van der Waals surface area contributed by atoms with Crippen molar-refractivity contribution >= 4 is 28.1 Å². The van der Waals surface area contributed by atoms with E-state index in [1.54, 1.807) is 19.6 Å². The molecule has 0 unspecified atom stereocenters. The number of pyridine rings is 1. The molecule has 0 N–H and O–H groups in total. The molecule has 4 heterocycles. The van der Waals surface area contributed by atoms with E-state index in [1.807, 2.05) is 46.7 Å². The number of rotatable bonds is 5. The Morgan fingerprint density at radius 3 is 2.85 bits per heavy atom. The lowest BCUT2D eigenvalue weighted by Crippen LogP contribution is -2.18. The molecule has 3 aromatic heterocycles. The molecule has 0 radical (unpaired) electrons. The lowest BCUT2D eigenvalue weighted by atomic mass is 9.91. The van der Waals surface area contributed by atoms with E-state index in [4.69, 9.17) is 9.72 Å². The zero-order valence-electron chi connectivity index (χ0n) is 18.2. The van der Waals surface area contributed by atoms with Crippen LogP contribution in [-0.4, -0.2) is 36.4 Å². The van der Waals surface area contributed by atoms with Gasteiger partial charge in [0.05, 0.1) is 31.0 Å². The summed E-state index contributed by atoms with van der Waals surface area (Å²) in [5.74, 6) is 2.01. The van der Waals surface area contributed by atoms with Crippen LogP contribution in [0.15, 0.2) is 47.5 Å². The average molecular weight is 509 g/mol. The summed E-state index contributed by atoms with van der Waals surface area (Å²) < 4.78 is 23.7. The van der Waals surface area contributed by atoms with Gasteiger partial charge in [0.15, 0.2) is 5.82 Å². The van der Waals surface area contributed by atoms with Crippen molar-refractivity contribution in [2.75, 3.05) is 7.11 Å². The second-order valence-corrected chi connectivity index (χ2v) is 8.80. The highest BCUT2D eigenvalue weighted by molar-refractivity contribution is 9.10. The van der Waals surface area contributed by atoms with Gasteiger partial charge in [0.25, 0.3) is 0 Å². The van der Waals surface area contributed by atoms with Gasteiger partial charge in [-0.1, -0.05) is 22.0 Å². The van der Waals surface area contributed by atoms with Gasteiger partial charge in [-0.3, -0.25) is 4.98 Å². The van der Waals surface area contributed by atoms with E-state index in [9.17, 15) is 4.39 Å². The lowest BCUT2D eigenvalue weighted by molar-refractivity contribution is 0.412. The quantitative estimate of drug-likeness (QED) is 0.371. The number of aromatic nitrogens is 6. The van der Waals surface area contributed by atoms with E-state index in [1.165, 1.54) is 12.1 Å². The summed E-state index contributed by atoms with van der Waals surface area (Å²) >= 11 is 3.50. The Balaban J connectivity index is 1.42. The van der Waals surface area contributed by atoms with E-state index in [0.29, 0.717) is 11.6 Å². The largest absolute Gasteiger partial charge is 0.494 e. The zero-order valence-corrected chi connectivity index (χ0v) is 19.8. The van der Waals surface area contributed by atoms with Crippen LogP contribution in [0.1, 0.15) is 47.4 Å². The highest BCUT2D eigenvalue weighted by Crippen LogP contribution is 2.36. The van der Waals surface area contributed by atoms with Crippen molar-refractivity contribution in [1.29, 1.82) is 0 Å². The minimum Gasteiger partial charge on any atom is -0.494 e. The summed E-state index contributed by atoms with van der Waals surface area (Å²) in [5.41, 5.74) is 3.50. The van der Waals surface area contributed by atoms with Crippen molar-refractivity contribution in [1.82, 2.24) is 29.3 Å². The number of benzene rings is 1. The van der Waals surface area contributed by atoms with Gasteiger partial charge in [0.1, 0.15) is 23.1 Å². The maximum atomic E-state index is 13.6. The van der Waals surface area contributed by atoms with Crippen molar-refractivity contribution < 1.29 is 9.13 Å². The van der Waals surface area contributed by atoms with Gasteiger partial charge in [-0.05, 0) is 49.6 Å². The SMILES string of the molecule is COc1cc(/C=C/c2nc3n(n2)CCC[C@@H]3c2ccc(F)cc2Br)ncc1-n1cnc(C)c1. The topological polar surface area (TPSA) is 70.7 Å². The standard InChI is InChI=1S/C24H22BrFN6O/c1-15-13-31(14-28-15)21-12-27-17(11-22(21)33-2)6-8-23-29-24-19(4-3-9-32(24)30-23)18-7-5-16(26)10-20(18)25/h5-8,10-14,19H,3-4,9H2,1-2H3/b8-6+/t19-/m1/s1. The summed E-state index contributed by atoms with van der Waals surface area (Å²) in [5, 5.41) is 4.66. The molecule has 0 spiro atoms. The number of fused-ring (bicyclic) bond motifs is 1. The smallest absolute Gasteiger partial charge is 0.174 e. The van der Waals surface area contributed by atoms with Crippen LogP contribution in [0.2, 0.25) is 0 Å². The highest BCUT2D eigenvalue weighted by Gasteiger charge is 2.27. The van der Waals surface area contributed by atoms with Gasteiger partial charge in [-0.2, -0.15) is 5.10 Å². The third-order valence-electron chi connectivity index (χ3n) is 5.71. The first-order valence-corrected chi connectivity index (χ1v) is 11.4. The molecule has 168 valence electrons. The second kappa shape index (κ2) is 8.90. The van der Waals surface area contributed by atoms with E-state index >= 15 is 0 Å². The molecule has 0 aliphatic carbocycles. The molecule has 1 atom stereocenters. The van der Waals surface area contributed by atoms with Crippen LogP contribution in [0.4, 0.5) is 4.39 Å². The maximum absolute atomic E-state index is 13.6. The van der Waals surface area contributed by atoms with Gasteiger partial charge in [0, 0.05) is 29.2 Å². The van der Waals surface area contributed by atoms with Crippen LogP contribution >= 0.6 is 15.9 Å². The predicted octanol–water partition coefficient (Wildman–Crippen LogP) is 5.17. The molecular formula is C24H22BrFN6O. The molecule has 9 heteroatoms. The van der Waals surface area contributed by atoms with Crippen molar-refractivity contribution in [2.45, 2.75) is 32.2 Å². The monoisotopic (exact) mass is 508 g/mol. The predicted molar refractivity (Wildman–Crippen MR) is 127 cm³/mol. The summed E-state index contributed by atoms with van der Waals surface area (Å²) in [6, 6.07) is 6.68. The third kappa shape index (κ3) is 4.32. The fourth-order valence-electron chi connectivity index (χ4n) is 4.12. The van der Waals surface area contributed by atoms with E-state index in [0.717, 1.165) is 52.3 Å². The zero-order chi connectivity index (χ0) is 22.9. The minimum absolute atomic E-state index is 0.0690. The molecule has 0 saturated carbocycles. The van der Waals surface area contributed by atoms with E-state index in [2.05, 4.69) is 31.0 Å². The maximum Gasteiger partial charge on any atom is 0.174 e. The van der Waals surface area contributed by atoms with Crippen LogP contribution < -0.4 is 4.74 Å². The Morgan fingerprint density at radius 2 is 2.09 bits per heavy atom. The Morgan fingerprint density at radius 1 is 1.21 bits per heavy atom. The second-order valence-electron chi connectivity index (χ2n) is 7.95. The van der Waals surface area contributed by atoms with Gasteiger partial charge in [-0.15, -0.1) is 0 Å². The van der Waals surface area contributed by atoms with Gasteiger partial charge in [0.2, 0.25) is 0 Å². The van der Waals surface area contributed by atoms with Crippen LogP contribution in [0, 0.1) is 12.7 Å². The first kappa shape index (κ1) is 21.5. The fourth-order valence-corrected chi connectivity index (χ4v) is 4.75. The van der Waals surface area contributed by atoms with Crippen LogP contribution in [0.3, 0.4) is 0 Å². The number of halogens is 2. The summed E-state index contributed by atoms with van der Waals surface area (Å²) in [4.78, 5) is 13.6. The van der Waals surface area contributed by atoms with Gasteiger partial charge >= 0.3 is 0 Å². The number of imidazole rings is 1. The molecule has 33 heavy (non-hydrogen) atoms. The fraction of sp³-hybridized carbons (Fsp3) is 0.250. The molecule has 1 aliphatic heterocycles. The van der Waals surface area contributed by atoms with Crippen LogP contribution in [0.25, 0.3) is 17.8 Å². The molecule has 0 fully saturated rings. The van der Waals surface area contributed by atoms with Crippen LogP contribution in [-0.2, 0) is 6.54 Å². The molecule has 5 rings (SSSR count). The summed E-state index contributed by atoms with van der Waals surface area (Å²) in [6.07, 6.45) is 11.1. The molecule has 1 aromatic carbocycles. The number of hydrogen-bond donors (Lipinski definition) is 0. The summed E-state index contributed by atoms with van der Waals surface area (Å²) in [7, 11) is 1.63. The first-order valence-electron chi connectivity index (χ1n) is 10.6. The average Bonchev–Trinajstić information content (AvgIpc) is 3.43. The van der Waals surface area contributed by atoms with Gasteiger partial charge < -0.3 is 9.30 Å². The Labute approximate surface area is 199 Å². The van der Waals surface area contributed by atoms with Crippen molar-refractivity contribution in [3.05, 3.63) is 81.9 Å². The molecular weight excluding hydrogens is 487 g/mol. The molecule has 0 bridgehead atoms. The number of nitrogens with zero attached hydrogens (tertiary/aromatic N) is 6. The minimum atomic E-state index is -0.261. The normalized spacial score (nSPS) is 15.7. The van der Waals surface area contributed by atoms with E-state index < -0.39 is 0 Å². The number of ether oxygens (including phenoxy) is 1. The molecule has 0 amide bonds. The molecule has 7 nitrogen and oxygen atoms in total. The van der Waals surface area contributed by atoms with Crippen LogP contribution in [0.5, 0.6) is 5.75 Å². The molecule has 1 aliphatic rings. The van der Waals surface area contributed by atoms with Gasteiger partial charge in [-0.25, -0.2) is 19.0 Å². The highest BCUT2D eigenvalue weighted by atomic mass is 79.9. The molecule has 0 saturated heterocycles. The molecule has 4 aromatic rings. The first-order chi connectivity index (χ1) is 16.0.